The third-order valence-electron chi connectivity index (χ3n) is 2.39. The van der Waals surface area contributed by atoms with E-state index in [2.05, 4.69) is 18.5 Å². The molecule has 0 heterocycles. The number of hydrogen-bond donors (Lipinski definition) is 2. The molecule has 0 fully saturated rings. The zero-order valence-corrected chi connectivity index (χ0v) is 11.7. The molecular formula is C13H22N2O5. The number of rotatable bonds is 11. The van der Waals surface area contributed by atoms with Gasteiger partial charge >= 0.3 is 6.09 Å². The summed E-state index contributed by atoms with van der Waals surface area (Å²) in [6.45, 7) is 9.13. The first-order chi connectivity index (χ1) is 9.54. The Morgan fingerprint density at radius 3 is 2.60 bits per heavy atom. The van der Waals surface area contributed by atoms with Crippen LogP contribution in [0.4, 0.5) is 4.79 Å². The van der Waals surface area contributed by atoms with E-state index in [1.165, 1.54) is 12.2 Å². The molecule has 0 saturated carbocycles. The minimum Gasteiger partial charge on any atom is -0.445 e. The summed E-state index contributed by atoms with van der Waals surface area (Å²) in [5, 5.41) is 13.3. The smallest absolute Gasteiger partial charge is 0.407 e. The topological polar surface area (TPSA) is 88.1 Å². The predicted molar refractivity (Wildman–Crippen MR) is 73.6 cm³/mol. The molecule has 7 heteroatoms. The predicted octanol–water partition coefficient (Wildman–Crippen LogP) is 0.472. The molecule has 0 radical (unpaired) electrons. The Morgan fingerprint density at radius 2 is 2.05 bits per heavy atom. The van der Waals surface area contributed by atoms with Crippen LogP contribution >= 0.6 is 0 Å². The number of amides is 2. The van der Waals surface area contributed by atoms with E-state index in [-0.39, 0.29) is 32.2 Å². The number of nitrogens with zero attached hydrogens (tertiary/aromatic N) is 1. The maximum absolute atomic E-state index is 11.2. The van der Waals surface area contributed by atoms with E-state index in [0.29, 0.717) is 6.41 Å². The van der Waals surface area contributed by atoms with E-state index in [0.717, 1.165) is 5.06 Å². The van der Waals surface area contributed by atoms with Gasteiger partial charge < -0.3 is 15.2 Å². The Balaban J connectivity index is 4.02. The largest absolute Gasteiger partial charge is 0.445 e. The quantitative estimate of drug-likeness (QED) is 0.327. The van der Waals surface area contributed by atoms with Gasteiger partial charge in [-0.05, 0) is 0 Å². The Morgan fingerprint density at radius 1 is 1.40 bits per heavy atom. The van der Waals surface area contributed by atoms with Crippen molar-refractivity contribution >= 4 is 12.5 Å². The van der Waals surface area contributed by atoms with Gasteiger partial charge in [-0.1, -0.05) is 25.7 Å². The van der Waals surface area contributed by atoms with Crippen LogP contribution in [0.2, 0.25) is 0 Å². The number of carbonyl (C=O) groups excluding carboxylic acids is 2. The summed E-state index contributed by atoms with van der Waals surface area (Å²) in [6, 6.07) is 0. The molecule has 0 bridgehead atoms. The van der Waals surface area contributed by atoms with Crippen LogP contribution in [0.15, 0.2) is 25.3 Å². The third-order valence-corrected chi connectivity index (χ3v) is 2.39. The van der Waals surface area contributed by atoms with E-state index in [9.17, 15) is 14.7 Å². The summed E-state index contributed by atoms with van der Waals surface area (Å²) >= 11 is 0. The minimum atomic E-state index is -0.832. The van der Waals surface area contributed by atoms with Crippen LogP contribution in [-0.4, -0.2) is 55.1 Å². The normalized spacial score (nSPS) is 12.9. The number of hydrogen-bond acceptors (Lipinski definition) is 5. The van der Waals surface area contributed by atoms with Gasteiger partial charge in [0.05, 0.1) is 19.3 Å². The number of nitrogens with one attached hydrogen (secondary N) is 1. The molecule has 20 heavy (non-hydrogen) atoms. The van der Waals surface area contributed by atoms with Crippen molar-refractivity contribution in [1.82, 2.24) is 10.4 Å². The maximum Gasteiger partial charge on any atom is 0.407 e. The fourth-order valence-electron chi connectivity index (χ4n) is 1.25. The van der Waals surface area contributed by atoms with E-state index >= 15 is 0 Å². The lowest BCUT2D eigenvalue weighted by Gasteiger charge is -2.24. The molecule has 0 spiro atoms. The van der Waals surface area contributed by atoms with E-state index in [1.54, 1.807) is 6.92 Å². The lowest BCUT2D eigenvalue weighted by Crippen LogP contribution is -2.40. The van der Waals surface area contributed by atoms with Crippen molar-refractivity contribution in [3.63, 3.8) is 0 Å². The van der Waals surface area contributed by atoms with Gasteiger partial charge in [0.15, 0.2) is 0 Å². The minimum absolute atomic E-state index is 0.0191. The van der Waals surface area contributed by atoms with Gasteiger partial charge in [-0.25, -0.2) is 9.86 Å². The van der Waals surface area contributed by atoms with Crippen molar-refractivity contribution in [3.05, 3.63) is 25.3 Å². The van der Waals surface area contributed by atoms with Gasteiger partial charge in [0.25, 0.3) is 0 Å². The van der Waals surface area contributed by atoms with Crippen LogP contribution in [0, 0.1) is 5.92 Å². The van der Waals surface area contributed by atoms with E-state index in [4.69, 9.17) is 9.57 Å². The first kappa shape index (κ1) is 18.1. The fraction of sp³-hybridized carbons (Fsp3) is 0.538. The standard InChI is InChI=1S/C13H22N2O5/c1-4-6-19-13(18)14-8-12(17)11(3)9-15(10-16)20-7-5-2/h4-5,10-12,17H,1-2,6-9H2,3H3,(H,14,18). The van der Waals surface area contributed by atoms with Crippen molar-refractivity contribution in [2.75, 3.05) is 26.3 Å². The highest BCUT2D eigenvalue weighted by molar-refractivity contribution is 5.67. The Labute approximate surface area is 118 Å². The number of carbonyl (C=O) groups is 2. The summed E-state index contributed by atoms with van der Waals surface area (Å²) in [5.41, 5.74) is 0. The fourth-order valence-corrected chi connectivity index (χ4v) is 1.25. The second kappa shape index (κ2) is 11.0. The number of ether oxygens (including phenoxy) is 1. The molecule has 0 aromatic carbocycles. The van der Waals surface area contributed by atoms with E-state index in [1.807, 2.05) is 0 Å². The first-order valence-electron chi connectivity index (χ1n) is 6.20. The lowest BCUT2D eigenvalue weighted by molar-refractivity contribution is -0.172. The molecule has 0 aromatic heterocycles. The van der Waals surface area contributed by atoms with Gasteiger partial charge in [-0.3, -0.25) is 9.63 Å². The van der Waals surface area contributed by atoms with Gasteiger partial charge in [-0.15, -0.1) is 6.58 Å². The molecule has 0 aliphatic heterocycles. The highest BCUT2D eigenvalue weighted by Crippen LogP contribution is 2.05. The van der Waals surface area contributed by atoms with Crippen molar-refractivity contribution in [3.8, 4) is 0 Å². The molecule has 2 atom stereocenters. The average molecular weight is 286 g/mol. The van der Waals surface area contributed by atoms with Crippen molar-refractivity contribution in [2.45, 2.75) is 13.0 Å². The molecule has 114 valence electrons. The van der Waals surface area contributed by atoms with Crippen LogP contribution in [0.3, 0.4) is 0 Å². The molecule has 2 unspecified atom stereocenters. The second-order valence-electron chi connectivity index (χ2n) is 4.10. The molecule has 0 aliphatic carbocycles. The van der Waals surface area contributed by atoms with Crippen molar-refractivity contribution in [1.29, 1.82) is 0 Å². The lowest BCUT2D eigenvalue weighted by atomic mass is 10.1. The molecule has 0 saturated heterocycles. The highest BCUT2D eigenvalue weighted by Gasteiger charge is 2.18. The molecule has 0 rings (SSSR count). The van der Waals surface area contributed by atoms with Crippen LogP contribution in [0.1, 0.15) is 6.92 Å². The molecule has 0 aromatic rings. The Hall–Kier alpha value is -1.86. The SMILES string of the molecule is C=CCOC(=O)NCC(O)C(C)CN(C=O)OCC=C. The van der Waals surface area contributed by atoms with Crippen molar-refractivity contribution in [2.24, 2.45) is 5.92 Å². The molecule has 2 N–H and O–H groups in total. The van der Waals surface area contributed by atoms with Crippen LogP contribution in [0.25, 0.3) is 0 Å². The van der Waals surface area contributed by atoms with Gasteiger partial charge in [0.2, 0.25) is 6.41 Å². The first-order valence-corrected chi connectivity index (χ1v) is 6.20. The van der Waals surface area contributed by atoms with Crippen LogP contribution < -0.4 is 5.32 Å². The van der Waals surface area contributed by atoms with Gasteiger partial charge in [0, 0.05) is 12.5 Å². The van der Waals surface area contributed by atoms with E-state index < -0.39 is 12.2 Å². The summed E-state index contributed by atoms with van der Waals surface area (Å²) in [4.78, 5) is 26.9. The maximum atomic E-state index is 11.2. The molecule has 2 amide bonds. The van der Waals surface area contributed by atoms with Gasteiger partial charge in [0.1, 0.15) is 6.61 Å². The summed E-state index contributed by atoms with van der Waals surface area (Å²) in [7, 11) is 0. The highest BCUT2D eigenvalue weighted by atomic mass is 16.7. The molecule has 0 aliphatic rings. The second-order valence-corrected chi connectivity index (χ2v) is 4.10. The summed E-state index contributed by atoms with van der Waals surface area (Å²) in [6.07, 6.45) is 2.01. The average Bonchev–Trinajstić information content (AvgIpc) is 2.46. The summed E-state index contributed by atoms with van der Waals surface area (Å²) in [5.74, 6) is -0.287. The number of alkyl carbamates (subject to hydrolysis) is 1. The number of aliphatic hydroxyl groups excluding tert-OH is 1. The van der Waals surface area contributed by atoms with Gasteiger partial charge in [-0.2, -0.15) is 0 Å². The van der Waals surface area contributed by atoms with Crippen molar-refractivity contribution < 1.29 is 24.3 Å². The van der Waals surface area contributed by atoms with Crippen LogP contribution in [-0.2, 0) is 14.4 Å². The number of hydroxylamine groups is 2. The zero-order valence-electron chi connectivity index (χ0n) is 11.7. The Bertz CT molecular complexity index is 322. The zero-order chi connectivity index (χ0) is 15.4. The monoisotopic (exact) mass is 286 g/mol. The van der Waals surface area contributed by atoms with Crippen LogP contribution in [0.5, 0.6) is 0 Å². The molecular weight excluding hydrogens is 264 g/mol. The Kier molecular flexibility index (Phi) is 9.98. The summed E-state index contributed by atoms with van der Waals surface area (Å²) < 4.78 is 4.70. The molecule has 7 nitrogen and oxygen atoms in total. The third kappa shape index (κ3) is 8.28. The number of aliphatic hydroxyl groups is 1.